The van der Waals surface area contributed by atoms with Crippen molar-refractivity contribution in [3.05, 3.63) is 57.0 Å². The molecule has 0 spiro atoms. The monoisotopic (exact) mass is 517 g/mol. The standard InChI is InChI=1S/C17H17Br2N3O4S/c1-26-16-7-6-14(19)8-12(16)10-20-21-17(23)11-22(27(2,24)25)15-5-3-4-13(18)9-15/h3-10H,11H2,1-2H3,(H,21,23)/b20-10-. The maximum atomic E-state index is 12.2. The third-order valence-corrected chi connectivity index (χ3v) is 5.50. The van der Waals surface area contributed by atoms with Crippen molar-refractivity contribution in [2.24, 2.45) is 5.10 Å². The fraction of sp³-hybridized carbons (Fsp3) is 0.176. The SMILES string of the molecule is COc1ccc(Br)cc1/C=N\NC(=O)CN(c1cccc(Br)c1)S(C)(=O)=O. The van der Waals surface area contributed by atoms with Crippen LogP contribution in [-0.2, 0) is 14.8 Å². The average Bonchev–Trinajstić information content (AvgIpc) is 2.59. The van der Waals surface area contributed by atoms with Crippen LogP contribution < -0.4 is 14.5 Å². The van der Waals surface area contributed by atoms with Gasteiger partial charge in [0.25, 0.3) is 5.91 Å². The van der Waals surface area contributed by atoms with Crippen LogP contribution in [0, 0.1) is 0 Å². The second kappa shape index (κ2) is 9.34. The van der Waals surface area contributed by atoms with E-state index in [4.69, 9.17) is 4.74 Å². The van der Waals surface area contributed by atoms with Gasteiger partial charge in [0, 0.05) is 14.5 Å². The molecule has 0 aliphatic heterocycles. The minimum Gasteiger partial charge on any atom is -0.496 e. The molecule has 2 aromatic rings. The van der Waals surface area contributed by atoms with Crippen molar-refractivity contribution in [3.8, 4) is 5.75 Å². The molecule has 7 nitrogen and oxygen atoms in total. The highest BCUT2D eigenvalue weighted by Crippen LogP contribution is 2.22. The van der Waals surface area contributed by atoms with Gasteiger partial charge in [-0.2, -0.15) is 5.10 Å². The van der Waals surface area contributed by atoms with Gasteiger partial charge in [0.2, 0.25) is 10.0 Å². The lowest BCUT2D eigenvalue weighted by molar-refractivity contribution is -0.119. The van der Waals surface area contributed by atoms with E-state index in [-0.39, 0.29) is 0 Å². The smallest absolute Gasteiger partial charge is 0.260 e. The summed E-state index contributed by atoms with van der Waals surface area (Å²) in [6.45, 7) is -0.401. The van der Waals surface area contributed by atoms with Crippen molar-refractivity contribution in [2.75, 3.05) is 24.2 Å². The summed E-state index contributed by atoms with van der Waals surface area (Å²) in [5.74, 6) is 0.00807. The molecule has 1 amide bonds. The fourth-order valence-corrected chi connectivity index (χ4v) is 3.79. The van der Waals surface area contributed by atoms with Crippen LogP contribution in [0.25, 0.3) is 0 Å². The highest BCUT2D eigenvalue weighted by molar-refractivity contribution is 9.10. The Morgan fingerprint density at radius 3 is 2.56 bits per heavy atom. The van der Waals surface area contributed by atoms with E-state index in [0.29, 0.717) is 21.5 Å². The second-order valence-electron chi connectivity index (χ2n) is 5.43. The molecule has 0 aliphatic carbocycles. The van der Waals surface area contributed by atoms with Gasteiger partial charge in [-0.25, -0.2) is 13.8 Å². The quantitative estimate of drug-likeness (QED) is 0.450. The molecule has 0 bridgehead atoms. The Kier molecular flexibility index (Phi) is 7.40. The van der Waals surface area contributed by atoms with Crippen LogP contribution in [0.15, 0.2) is 56.5 Å². The van der Waals surface area contributed by atoms with Crippen LogP contribution in [0.4, 0.5) is 5.69 Å². The summed E-state index contributed by atoms with van der Waals surface area (Å²) in [6, 6.07) is 12.0. The number of hydrogen-bond donors (Lipinski definition) is 1. The first-order valence-corrected chi connectivity index (χ1v) is 11.0. The van der Waals surface area contributed by atoms with Gasteiger partial charge in [-0.15, -0.1) is 0 Å². The highest BCUT2D eigenvalue weighted by atomic mass is 79.9. The number of carbonyl (C=O) groups is 1. The molecule has 0 heterocycles. The zero-order chi connectivity index (χ0) is 20.0. The Labute approximate surface area is 174 Å². The molecule has 0 radical (unpaired) electrons. The normalized spacial score (nSPS) is 11.4. The lowest BCUT2D eigenvalue weighted by Gasteiger charge is -2.21. The predicted octanol–water partition coefficient (Wildman–Crippen LogP) is 3.14. The van der Waals surface area contributed by atoms with Crippen molar-refractivity contribution >= 4 is 59.7 Å². The van der Waals surface area contributed by atoms with Gasteiger partial charge in [-0.3, -0.25) is 9.10 Å². The molecule has 0 atom stereocenters. The number of carbonyl (C=O) groups excluding carboxylic acids is 1. The lowest BCUT2D eigenvalue weighted by atomic mass is 10.2. The summed E-state index contributed by atoms with van der Waals surface area (Å²) in [7, 11) is -2.12. The number of amides is 1. The molecular formula is C17H17Br2N3O4S. The molecule has 0 aromatic heterocycles. The highest BCUT2D eigenvalue weighted by Gasteiger charge is 2.20. The van der Waals surface area contributed by atoms with Crippen molar-refractivity contribution in [1.29, 1.82) is 0 Å². The molecule has 144 valence electrons. The second-order valence-corrected chi connectivity index (χ2v) is 9.17. The number of nitrogens with zero attached hydrogens (tertiary/aromatic N) is 2. The summed E-state index contributed by atoms with van der Waals surface area (Å²) in [4.78, 5) is 12.2. The first kappa shape index (κ1) is 21.4. The van der Waals surface area contributed by atoms with Crippen molar-refractivity contribution in [2.45, 2.75) is 0 Å². The van der Waals surface area contributed by atoms with Crippen LogP contribution in [0.1, 0.15) is 5.56 Å². The van der Waals surface area contributed by atoms with Crippen LogP contribution in [0.2, 0.25) is 0 Å². The number of methoxy groups -OCH3 is 1. The summed E-state index contributed by atoms with van der Waals surface area (Å²) in [5, 5.41) is 3.88. The third kappa shape index (κ3) is 6.33. The van der Waals surface area contributed by atoms with E-state index < -0.39 is 22.5 Å². The minimum absolute atomic E-state index is 0.375. The van der Waals surface area contributed by atoms with Gasteiger partial charge in [0.05, 0.1) is 25.3 Å². The Bertz CT molecular complexity index is 964. The summed E-state index contributed by atoms with van der Waals surface area (Å²) >= 11 is 6.64. The molecule has 0 aliphatic rings. The fourth-order valence-electron chi connectivity index (χ4n) is 2.18. The maximum Gasteiger partial charge on any atom is 0.260 e. The van der Waals surface area contributed by atoms with Gasteiger partial charge < -0.3 is 4.74 Å². The van der Waals surface area contributed by atoms with E-state index in [2.05, 4.69) is 42.4 Å². The van der Waals surface area contributed by atoms with E-state index >= 15 is 0 Å². The zero-order valence-corrected chi connectivity index (χ0v) is 18.5. The van der Waals surface area contributed by atoms with Gasteiger partial charge >= 0.3 is 0 Å². The number of ether oxygens (including phenoxy) is 1. The first-order chi connectivity index (χ1) is 12.7. The number of benzene rings is 2. The minimum atomic E-state index is -3.65. The summed E-state index contributed by atoms with van der Waals surface area (Å²) in [6.07, 6.45) is 2.46. The Morgan fingerprint density at radius 1 is 1.22 bits per heavy atom. The van der Waals surface area contributed by atoms with E-state index in [0.717, 1.165) is 15.0 Å². The van der Waals surface area contributed by atoms with Crippen LogP contribution in [-0.4, -0.2) is 40.4 Å². The Morgan fingerprint density at radius 2 is 1.93 bits per heavy atom. The first-order valence-electron chi connectivity index (χ1n) is 7.59. The number of halogens is 2. The predicted molar refractivity (Wildman–Crippen MR) is 113 cm³/mol. The largest absolute Gasteiger partial charge is 0.496 e. The lowest BCUT2D eigenvalue weighted by Crippen LogP contribution is -2.39. The molecule has 2 rings (SSSR count). The van der Waals surface area contributed by atoms with E-state index in [1.807, 2.05) is 6.07 Å². The molecule has 1 N–H and O–H groups in total. The number of nitrogens with one attached hydrogen (secondary N) is 1. The topological polar surface area (TPSA) is 88.1 Å². The zero-order valence-electron chi connectivity index (χ0n) is 14.5. The van der Waals surface area contributed by atoms with Crippen molar-refractivity contribution < 1.29 is 17.9 Å². The van der Waals surface area contributed by atoms with E-state index in [1.165, 1.54) is 13.3 Å². The van der Waals surface area contributed by atoms with Gasteiger partial charge in [-0.1, -0.05) is 37.9 Å². The molecule has 0 saturated carbocycles. The van der Waals surface area contributed by atoms with Crippen molar-refractivity contribution in [3.63, 3.8) is 0 Å². The number of hydrogen-bond acceptors (Lipinski definition) is 5. The molecule has 27 heavy (non-hydrogen) atoms. The molecule has 0 fully saturated rings. The Balaban J connectivity index is 2.12. The van der Waals surface area contributed by atoms with E-state index in [9.17, 15) is 13.2 Å². The maximum absolute atomic E-state index is 12.2. The van der Waals surface area contributed by atoms with E-state index in [1.54, 1.807) is 36.4 Å². The van der Waals surface area contributed by atoms with Crippen LogP contribution in [0.5, 0.6) is 5.75 Å². The number of hydrazone groups is 1. The third-order valence-electron chi connectivity index (χ3n) is 3.37. The molecule has 10 heteroatoms. The average molecular weight is 519 g/mol. The Hall–Kier alpha value is -1.91. The van der Waals surface area contributed by atoms with Crippen molar-refractivity contribution in [1.82, 2.24) is 5.43 Å². The van der Waals surface area contributed by atoms with Crippen LogP contribution in [0.3, 0.4) is 0 Å². The van der Waals surface area contributed by atoms with Gasteiger partial charge in [0.1, 0.15) is 12.3 Å². The number of anilines is 1. The number of sulfonamides is 1. The molecule has 2 aromatic carbocycles. The van der Waals surface area contributed by atoms with Crippen LogP contribution >= 0.6 is 31.9 Å². The van der Waals surface area contributed by atoms with Gasteiger partial charge in [-0.05, 0) is 36.4 Å². The van der Waals surface area contributed by atoms with Gasteiger partial charge in [0.15, 0.2) is 0 Å². The summed E-state index contributed by atoms with van der Waals surface area (Å²) < 4.78 is 31.9. The molecule has 0 unspecified atom stereocenters. The molecule has 0 saturated heterocycles. The molecular weight excluding hydrogens is 502 g/mol. The summed E-state index contributed by atoms with van der Waals surface area (Å²) in [5.41, 5.74) is 3.36. The number of rotatable bonds is 7.